The summed E-state index contributed by atoms with van der Waals surface area (Å²) < 4.78 is 5.61. The molecule has 0 radical (unpaired) electrons. The van der Waals surface area contributed by atoms with Crippen LogP contribution in [0.15, 0.2) is 16.7 Å². The van der Waals surface area contributed by atoms with E-state index in [-0.39, 0.29) is 0 Å². The first-order chi connectivity index (χ1) is 9.28. The number of nitrogens with zero attached hydrogens (tertiary/aromatic N) is 2. The van der Waals surface area contributed by atoms with Crippen LogP contribution in [0.25, 0.3) is 0 Å². The second-order valence-corrected chi connectivity index (χ2v) is 5.49. The Bertz CT molecular complexity index is 358. The summed E-state index contributed by atoms with van der Waals surface area (Å²) in [5.74, 6) is 1.07. The lowest BCUT2D eigenvalue weighted by molar-refractivity contribution is 0.239. The van der Waals surface area contributed by atoms with Crippen LogP contribution in [-0.2, 0) is 13.1 Å². The van der Waals surface area contributed by atoms with Gasteiger partial charge in [0.15, 0.2) is 0 Å². The van der Waals surface area contributed by atoms with Gasteiger partial charge in [0, 0.05) is 25.2 Å². The van der Waals surface area contributed by atoms with E-state index in [1.54, 1.807) is 0 Å². The zero-order chi connectivity index (χ0) is 13.5. The fraction of sp³-hybridized carbons (Fsp3) is 0.733. The number of hydrogen-bond donors (Lipinski definition) is 1. The van der Waals surface area contributed by atoms with E-state index >= 15 is 0 Å². The molecule has 19 heavy (non-hydrogen) atoms. The predicted molar refractivity (Wildman–Crippen MR) is 78.1 cm³/mol. The quantitative estimate of drug-likeness (QED) is 0.778. The molecule has 0 aliphatic carbocycles. The first-order valence-electron chi connectivity index (χ1n) is 7.46. The van der Waals surface area contributed by atoms with Crippen molar-refractivity contribution in [3.63, 3.8) is 0 Å². The van der Waals surface area contributed by atoms with Crippen LogP contribution in [-0.4, -0.2) is 49.6 Å². The minimum Gasteiger partial charge on any atom is -0.468 e. The molecule has 2 heterocycles. The third kappa shape index (κ3) is 4.97. The number of furan rings is 1. The van der Waals surface area contributed by atoms with Gasteiger partial charge in [-0.15, -0.1) is 0 Å². The highest BCUT2D eigenvalue weighted by Gasteiger charge is 2.12. The van der Waals surface area contributed by atoms with Crippen LogP contribution in [0.1, 0.15) is 31.1 Å². The van der Waals surface area contributed by atoms with Gasteiger partial charge in [-0.05, 0) is 45.6 Å². The maximum absolute atomic E-state index is 5.61. The average Bonchev–Trinajstić information content (AvgIpc) is 3.05. The maximum atomic E-state index is 5.61. The van der Waals surface area contributed by atoms with Crippen LogP contribution < -0.4 is 5.32 Å². The molecule has 0 bridgehead atoms. The molecule has 0 aromatic carbocycles. The van der Waals surface area contributed by atoms with Crippen molar-refractivity contribution < 1.29 is 4.42 Å². The van der Waals surface area contributed by atoms with E-state index in [0.29, 0.717) is 0 Å². The second-order valence-electron chi connectivity index (χ2n) is 5.49. The Balaban J connectivity index is 1.68. The monoisotopic (exact) mass is 265 g/mol. The Kier molecular flexibility index (Phi) is 5.89. The summed E-state index contributed by atoms with van der Waals surface area (Å²) in [7, 11) is 2.17. The van der Waals surface area contributed by atoms with Crippen LogP contribution in [0.3, 0.4) is 0 Å². The van der Waals surface area contributed by atoms with E-state index in [9.17, 15) is 0 Å². The fourth-order valence-corrected chi connectivity index (χ4v) is 2.53. The minimum absolute atomic E-state index is 0.900. The van der Waals surface area contributed by atoms with E-state index in [4.69, 9.17) is 4.42 Å². The van der Waals surface area contributed by atoms with Crippen molar-refractivity contribution >= 4 is 0 Å². The lowest BCUT2D eigenvalue weighted by atomic mass is 10.3. The highest BCUT2D eigenvalue weighted by molar-refractivity contribution is 5.12. The van der Waals surface area contributed by atoms with E-state index < -0.39 is 0 Å². The molecule has 108 valence electrons. The molecule has 0 atom stereocenters. The first kappa shape index (κ1) is 14.6. The summed E-state index contributed by atoms with van der Waals surface area (Å²) in [6.07, 6.45) is 4.61. The molecular weight excluding hydrogens is 238 g/mol. The molecule has 1 aromatic rings. The lowest BCUT2D eigenvalue weighted by Gasteiger charge is -2.20. The summed E-state index contributed by atoms with van der Waals surface area (Å²) in [5, 5.41) is 3.31. The van der Waals surface area contributed by atoms with Crippen molar-refractivity contribution in [2.24, 2.45) is 0 Å². The third-order valence-electron chi connectivity index (χ3n) is 3.71. The zero-order valence-electron chi connectivity index (χ0n) is 12.3. The van der Waals surface area contributed by atoms with Gasteiger partial charge < -0.3 is 14.6 Å². The Morgan fingerprint density at radius 2 is 2.16 bits per heavy atom. The SMILES string of the molecule is CCNCc1coc(CN(C)CCN2CCCC2)c1. The third-order valence-corrected chi connectivity index (χ3v) is 3.71. The van der Waals surface area contributed by atoms with Gasteiger partial charge in [-0.25, -0.2) is 0 Å². The number of likely N-dealkylation sites (N-methyl/N-ethyl adjacent to an activating group) is 1. The summed E-state index contributed by atoms with van der Waals surface area (Å²) in [6, 6.07) is 2.16. The smallest absolute Gasteiger partial charge is 0.118 e. The van der Waals surface area contributed by atoms with Gasteiger partial charge in [0.25, 0.3) is 0 Å². The average molecular weight is 265 g/mol. The van der Waals surface area contributed by atoms with Gasteiger partial charge in [0.2, 0.25) is 0 Å². The summed E-state index contributed by atoms with van der Waals surface area (Å²) >= 11 is 0. The predicted octanol–water partition coefficient (Wildman–Crippen LogP) is 1.92. The molecule has 0 spiro atoms. The van der Waals surface area contributed by atoms with Crippen molar-refractivity contribution in [1.82, 2.24) is 15.1 Å². The molecule has 1 saturated heterocycles. The summed E-state index contributed by atoms with van der Waals surface area (Å²) in [6.45, 7) is 9.77. The minimum atomic E-state index is 0.900. The highest BCUT2D eigenvalue weighted by atomic mass is 16.3. The van der Waals surface area contributed by atoms with Gasteiger partial charge in [0.05, 0.1) is 12.8 Å². The Hall–Kier alpha value is -0.840. The standard InChI is InChI=1S/C15H27N3O/c1-3-16-11-14-10-15(19-13-14)12-17(2)8-9-18-6-4-5-7-18/h10,13,16H,3-9,11-12H2,1-2H3. The molecule has 4 heteroatoms. The topological polar surface area (TPSA) is 31.7 Å². The summed E-state index contributed by atoms with van der Waals surface area (Å²) in [5.41, 5.74) is 1.24. The first-order valence-corrected chi connectivity index (χ1v) is 7.46. The number of rotatable bonds is 8. The number of hydrogen-bond acceptors (Lipinski definition) is 4. The normalized spacial score (nSPS) is 16.6. The van der Waals surface area contributed by atoms with Crippen molar-refractivity contribution in [1.29, 1.82) is 0 Å². The largest absolute Gasteiger partial charge is 0.468 e. The fourth-order valence-electron chi connectivity index (χ4n) is 2.53. The molecule has 1 aliphatic heterocycles. The van der Waals surface area contributed by atoms with Crippen molar-refractivity contribution in [3.8, 4) is 0 Å². The number of nitrogens with one attached hydrogen (secondary N) is 1. The van der Waals surface area contributed by atoms with Crippen LogP contribution in [0.4, 0.5) is 0 Å². The zero-order valence-corrected chi connectivity index (χ0v) is 12.3. The molecular formula is C15H27N3O. The molecule has 0 saturated carbocycles. The van der Waals surface area contributed by atoms with Crippen LogP contribution >= 0.6 is 0 Å². The van der Waals surface area contributed by atoms with E-state index in [1.807, 2.05) is 6.26 Å². The molecule has 1 N–H and O–H groups in total. The van der Waals surface area contributed by atoms with Gasteiger partial charge in [0.1, 0.15) is 5.76 Å². The van der Waals surface area contributed by atoms with Crippen LogP contribution in [0, 0.1) is 0 Å². The Morgan fingerprint density at radius 3 is 2.89 bits per heavy atom. The molecule has 0 amide bonds. The van der Waals surface area contributed by atoms with Crippen molar-refractivity contribution in [2.45, 2.75) is 32.9 Å². The van der Waals surface area contributed by atoms with Gasteiger partial charge in [-0.2, -0.15) is 0 Å². The molecule has 1 aromatic heterocycles. The Morgan fingerprint density at radius 1 is 1.37 bits per heavy atom. The molecule has 4 nitrogen and oxygen atoms in total. The van der Waals surface area contributed by atoms with Gasteiger partial charge in [-0.3, -0.25) is 4.90 Å². The molecule has 1 fully saturated rings. The van der Waals surface area contributed by atoms with E-state index in [0.717, 1.165) is 31.9 Å². The van der Waals surface area contributed by atoms with Crippen molar-refractivity contribution in [2.75, 3.05) is 39.8 Å². The molecule has 1 aliphatic rings. The van der Waals surface area contributed by atoms with E-state index in [2.05, 4.69) is 35.2 Å². The van der Waals surface area contributed by atoms with Crippen LogP contribution in [0.5, 0.6) is 0 Å². The maximum Gasteiger partial charge on any atom is 0.118 e. The second kappa shape index (κ2) is 7.68. The van der Waals surface area contributed by atoms with Gasteiger partial charge in [-0.1, -0.05) is 6.92 Å². The highest BCUT2D eigenvalue weighted by Crippen LogP contribution is 2.11. The van der Waals surface area contributed by atoms with Gasteiger partial charge >= 0.3 is 0 Å². The number of likely N-dealkylation sites (tertiary alicyclic amines) is 1. The van der Waals surface area contributed by atoms with Crippen LogP contribution in [0.2, 0.25) is 0 Å². The molecule has 2 rings (SSSR count). The van der Waals surface area contributed by atoms with Crippen molar-refractivity contribution in [3.05, 3.63) is 23.7 Å². The summed E-state index contributed by atoms with van der Waals surface area (Å²) in [4.78, 5) is 4.89. The lowest BCUT2D eigenvalue weighted by Crippen LogP contribution is -2.31. The van der Waals surface area contributed by atoms with E-state index in [1.165, 1.54) is 38.0 Å². The molecule has 0 unspecified atom stereocenters. The Labute approximate surface area is 116 Å².